The molecule has 0 aromatic heterocycles. The predicted octanol–water partition coefficient (Wildman–Crippen LogP) is 2.75. The summed E-state index contributed by atoms with van der Waals surface area (Å²) in [4.78, 5) is 11.3. The molecule has 0 bridgehead atoms. The number of amides is 1. The third-order valence-corrected chi connectivity index (χ3v) is 4.05. The van der Waals surface area contributed by atoms with Crippen LogP contribution in [0.3, 0.4) is 0 Å². The highest BCUT2D eigenvalue weighted by atomic mass is 16.1. The lowest BCUT2D eigenvalue weighted by Gasteiger charge is -2.30. The molecule has 4 heteroatoms. The highest BCUT2D eigenvalue weighted by Gasteiger charge is 2.20. The average Bonchev–Trinajstić information content (AvgIpc) is 2.41. The molecule has 0 spiro atoms. The van der Waals surface area contributed by atoms with Crippen molar-refractivity contribution in [3.05, 3.63) is 23.8 Å². The molecule has 5 N–H and O–H groups in total. The fourth-order valence-corrected chi connectivity index (χ4v) is 2.89. The Bertz CT molecular complexity index is 459. The quantitative estimate of drug-likeness (QED) is 0.729. The van der Waals surface area contributed by atoms with Crippen molar-refractivity contribution >= 4 is 17.3 Å². The van der Waals surface area contributed by atoms with E-state index in [-0.39, 0.29) is 0 Å². The van der Waals surface area contributed by atoms with Crippen molar-refractivity contribution in [2.45, 2.75) is 45.1 Å². The third kappa shape index (κ3) is 3.40. The van der Waals surface area contributed by atoms with Gasteiger partial charge < -0.3 is 16.8 Å². The van der Waals surface area contributed by atoms with Crippen molar-refractivity contribution < 1.29 is 4.79 Å². The van der Waals surface area contributed by atoms with Gasteiger partial charge in [0.2, 0.25) is 0 Å². The van der Waals surface area contributed by atoms with Crippen LogP contribution < -0.4 is 16.8 Å². The van der Waals surface area contributed by atoms with E-state index < -0.39 is 5.91 Å². The summed E-state index contributed by atoms with van der Waals surface area (Å²) in [7, 11) is 0. The van der Waals surface area contributed by atoms with Gasteiger partial charge in [-0.2, -0.15) is 0 Å². The number of primary amides is 1. The second kappa shape index (κ2) is 5.95. The normalized spacial score (nSPS) is 23.0. The van der Waals surface area contributed by atoms with Crippen LogP contribution in [0.4, 0.5) is 11.4 Å². The van der Waals surface area contributed by atoms with E-state index in [0.29, 0.717) is 17.3 Å². The molecular weight excluding hydrogens is 238 g/mol. The minimum Gasteiger partial charge on any atom is -0.398 e. The first-order valence-electron chi connectivity index (χ1n) is 7.06. The van der Waals surface area contributed by atoms with Crippen LogP contribution in [-0.2, 0) is 0 Å². The Hall–Kier alpha value is -1.71. The molecule has 19 heavy (non-hydrogen) atoms. The summed E-state index contributed by atoms with van der Waals surface area (Å²) in [5.41, 5.74) is 12.8. The monoisotopic (exact) mass is 261 g/mol. The van der Waals surface area contributed by atoms with E-state index >= 15 is 0 Å². The molecule has 0 saturated heterocycles. The molecule has 1 aromatic carbocycles. The number of benzene rings is 1. The van der Waals surface area contributed by atoms with E-state index in [1.807, 2.05) is 6.07 Å². The number of hydrogen-bond acceptors (Lipinski definition) is 3. The van der Waals surface area contributed by atoms with Gasteiger partial charge in [0, 0.05) is 17.4 Å². The molecule has 0 heterocycles. The van der Waals surface area contributed by atoms with Gasteiger partial charge in [0.25, 0.3) is 5.91 Å². The molecule has 1 saturated carbocycles. The molecule has 2 atom stereocenters. The first kappa shape index (κ1) is 13.7. The molecule has 104 valence electrons. The number of hydrogen-bond donors (Lipinski definition) is 3. The lowest BCUT2D eigenvalue weighted by Crippen LogP contribution is -2.27. The maximum Gasteiger partial charge on any atom is 0.250 e. The molecule has 1 aliphatic carbocycles. The molecule has 1 fully saturated rings. The SMILES string of the molecule is CCC1CCCC(Nc2ccc(N)c(C(N)=O)c2)C1. The molecule has 0 aliphatic heterocycles. The van der Waals surface area contributed by atoms with Crippen molar-refractivity contribution in [2.24, 2.45) is 11.7 Å². The van der Waals surface area contributed by atoms with E-state index in [0.717, 1.165) is 11.6 Å². The Labute approximate surface area is 114 Å². The lowest BCUT2D eigenvalue weighted by molar-refractivity contribution is 0.100. The second-order valence-corrected chi connectivity index (χ2v) is 5.45. The number of carbonyl (C=O) groups is 1. The first-order chi connectivity index (χ1) is 9.10. The van der Waals surface area contributed by atoms with Crippen molar-refractivity contribution in [1.82, 2.24) is 0 Å². The van der Waals surface area contributed by atoms with Crippen LogP contribution in [0.1, 0.15) is 49.4 Å². The molecule has 2 unspecified atom stereocenters. The van der Waals surface area contributed by atoms with Gasteiger partial charge in [-0.15, -0.1) is 0 Å². The summed E-state index contributed by atoms with van der Waals surface area (Å²) in [6.07, 6.45) is 6.24. The number of nitrogens with one attached hydrogen (secondary N) is 1. The third-order valence-electron chi connectivity index (χ3n) is 4.05. The molecular formula is C15H23N3O. The molecule has 1 aromatic rings. The van der Waals surface area contributed by atoms with Crippen LogP contribution in [0.2, 0.25) is 0 Å². The zero-order chi connectivity index (χ0) is 13.8. The molecule has 0 radical (unpaired) electrons. The van der Waals surface area contributed by atoms with E-state index in [4.69, 9.17) is 11.5 Å². The van der Waals surface area contributed by atoms with E-state index in [2.05, 4.69) is 12.2 Å². The average molecular weight is 261 g/mol. The summed E-state index contributed by atoms with van der Waals surface area (Å²) >= 11 is 0. The van der Waals surface area contributed by atoms with Crippen LogP contribution >= 0.6 is 0 Å². The zero-order valence-corrected chi connectivity index (χ0v) is 11.5. The van der Waals surface area contributed by atoms with Gasteiger partial charge >= 0.3 is 0 Å². The zero-order valence-electron chi connectivity index (χ0n) is 11.5. The molecule has 2 rings (SSSR count). The number of nitrogen functional groups attached to an aromatic ring is 1. The minimum absolute atomic E-state index is 0.396. The maximum atomic E-state index is 11.3. The number of carbonyl (C=O) groups excluding carboxylic acids is 1. The van der Waals surface area contributed by atoms with Gasteiger partial charge in [-0.25, -0.2) is 0 Å². The van der Waals surface area contributed by atoms with Crippen molar-refractivity contribution in [1.29, 1.82) is 0 Å². The van der Waals surface area contributed by atoms with E-state index in [1.165, 1.54) is 32.1 Å². The van der Waals surface area contributed by atoms with Crippen molar-refractivity contribution in [2.75, 3.05) is 11.1 Å². The van der Waals surface area contributed by atoms with Crippen LogP contribution in [0.5, 0.6) is 0 Å². The maximum absolute atomic E-state index is 11.3. The Morgan fingerprint density at radius 2 is 2.21 bits per heavy atom. The Balaban J connectivity index is 2.06. The van der Waals surface area contributed by atoms with Gasteiger partial charge in [-0.05, 0) is 37.0 Å². The highest BCUT2D eigenvalue weighted by Crippen LogP contribution is 2.29. The topological polar surface area (TPSA) is 81.1 Å². The number of rotatable bonds is 4. The molecule has 1 aliphatic rings. The first-order valence-corrected chi connectivity index (χ1v) is 7.06. The van der Waals surface area contributed by atoms with E-state index in [9.17, 15) is 4.79 Å². The number of nitrogens with two attached hydrogens (primary N) is 2. The Kier molecular flexibility index (Phi) is 4.30. The fourth-order valence-electron chi connectivity index (χ4n) is 2.89. The van der Waals surface area contributed by atoms with Crippen LogP contribution in [0.15, 0.2) is 18.2 Å². The van der Waals surface area contributed by atoms with Crippen LogP contribution in [-0.4, -0.2) is 11.9 Å². The standard InChI is InChI=1S/C15H23N3O/c1-2-10-4-3-5-11(8-10)18-12-6-7-14(16)13(9-12)15(17)19/h6-7,9-11,18H,2-5,8,16H2,1H3,(H2,17,19). The van der Waals surface area contributed by atoms with Crippen LogP contribution in [0, 0.1) is 5.92 Å². The summed E-state index contributed by atoms with van der Waals surface area (Å²) in [6, 6.07) is 5.90. The fraction of sp³-hybridized carbons (Fsp3) is 0.533. The number of anilines is 2. The molecule has 4 nitrogen and oxygen atoms in total. The van der Waals surface area contributed by atoms with E-state index in [1.54, 1.807) is 12.1 Å². The smallest absolute Gasteiger partial charge is 0.250 e. The summed E-state index contributed by atoms with van der Waals surface area (Å²) in [5, 5.41) is 3.50. The van der Waals surface area contributed by atoms with Gasteiger partial charge in [0.1, 0.15) is 0 Å². The van der Waals surface area contributed by atoms with Gasteiger partial charge in [0.05, 0.1) is 5.56 Å². The summed E-state index contributed by atoms with van der Waals surface area (Å²) < 4.78 is 0. The largest absolute Gasteiger partial charge is 0.398 e. The van der Waals surface area contributed by atoms with Gasteiger partial charge in [-0.3, -0.25) is 4.79 Å². The second-order valence-electron chi connectivity index (χ2n) is 5.45. The van der Waals surface area contributed by atoms with Gasteiger partial charge in [0.15, 0.2) is 0 Å². The summed E-state index contributed by atoms with van der Waals surface area (Å²) in [5.74, 6) is 0.340. The Morgan fingerprint density at radius 1 is 1.42 bits per heavy atom. The Morgan fingerprint density at radius 3 is 2.89 bits per heavy atom. The molecule has 1 amide bonds. The lowest BCUT2D eigenvalue weighted by atomic mass is 9.84. The van der Waals surface area contributed by atoms with Crippen molar-refractivity contribution in [3.8, 4) is 0 Å². The highest BCUT2D eigenvalue weighted by molar-refractivity contribution is 5.98. The minimum atomic E-state index is -0.476. The van der Waals surface area contributed by atoms with Crippen molar-refractivity contribution in [3.63, 3.8) is 0 Å². The van der Waals surface area contributed by atoms with Gasteiger partial charge in [-0.1, -0.05) is 26.2 Å². The summed E-state index contributed by atoms with van der Waals surface area (Å²) in [6.45, 7) is 2.25. The predicted molar refractivity (Wildman–Crippen MR) is 79.0 cm³/mol. The van der Waals surface area contributed by atoms with Crippen LogP contribution in [0.25, 0.3) is 0 Å².